The zero-order valence-corrected chi connectivity index (χ0v) is 14.6. The third kappa shape index (κ3) is 3.40. The van der Waals surface area contributed by atoms with Gasteiger partial charge in [-0.3, -0.25) is 4.79 Å². The van der Waals surface area contributed by atoms with E-state index in [1.165, 1.54) is 19.3 Å². The van der Waals surface area contributed by atoms with Crippen molar-refractivity contribution in [2.45, 2.75) is 82.2 Å². The van der Waals surface area contributed by atoms with Crippen LogP contribution in [0.1, 0.15) is 73.1 Å². The molecule has 1 aliphatic carbocycles. The number of halogens is 1. The van der Waals surface area contributed by atoms with Gasteiger partial charge in [-0.15, -0.1) is 0 Å². The third-order valence-electron chi connectivity index (χ3n) is 4.41. The fraction of sp³-hybridized carbons (Fsp3) is 0.933. The van der Waals surface area contributed by atoms with Crippen molar-refractivity contribution in [2.24, 2.45) is 5.41 Å². The topological polar surface area (TPSA) is 26.3 Å². The van der Waals surface area contributed by atoms with E-state index < -0.39 is 3.42 Å². The zero-order valence-electron chi connectivity index (χ0n) is 12.4. The Balaban J connectivity index is 2.90. The molecule has 0 aromatic rings. The number of hydrogen-bond donors (Lipinski definition) is 0. The predicted molar refractivity (Wildman–Crippen MR) is 84.1 cm³/mol. The van der Waals surface area contributed by atoms with E-state index >= 15 is 0 Å². The minimum absolute atomic E-state index is 0.0174. The summed E-state index contributed by atoms with van der Waals surface area (Å²) in [4.78, 5) is 12.4. The molecule has 106 valence electrons. The normalized spacial score (nSPS) is 23.2. The summed E-state index contributed by atoms with van der Waals surface area (Å²) in [6.07, 6.45) is 6.46. The Morgan fingerprint density at radius 3 is 2.06 bits per heavy atom. The lowest BCUT2D eigenvalue weighted by Gasteiger charge is -2.47. The molecule has 0 spiro atoms. The van der Waals surface area contributed by atoms with Gasteiger partial charge in [-0.05, 0) is 39.0 Å². The van der Waals surface area contributed by atoms with Crippen molar-refractivity contribution < 1.29 is 9.53 Å². The average molecular weight is 366 g/mol. The second-order valence-corrected chi connectivity index (χ2v) is 9.13. The molecule has 0 heterocycles. The third-order valence-corrected chi connectivity index (χ3v) is 5.61. The van der Waals surface area contributed by atoms with Crippen molar-refractivity contribution in [1.29, 1.82) is 0 Å². The van der Waals surface area contributed by atoms with Crippen LogP contribution in [0.4, 0.5) is 0 Å². The highest BCUT2D eigenvalue weighted by Gasteiger charge is 2.48. The molecule has 0 aromatic carbocycles. The zero-order chi connectivity index (χ0) is 14.0. The van der Waals surface area contributed by atoms with Crippen molar-refractivity contribution >= 4 is 28.6 Å². The maximum absolute atomic E-state index is 12.4. The molecule has 0 bridgehead atoms. The number of hydrogen-bond acceptors (Lipinski definition) is 2. The van der Waals surface area contributed by atoms with Gasteiger partial charge in [0.15, 0.2) is 0 Å². The highest BCUT2D eigenvalue weighted by Crippen LogP contribution is 2.46. The van der Waals surface area contributed by atoms with Crippen LogP contribution in [0.25, 0.3) is 0 Å². The number of carbonyl (C=O) groups is 1. The summed E-state index contributed by atoms with van der Waals surface area (Å²) in [5.74, 6) is -0.0394. The molecule has 1 saturated carbocycles. The van der Waals surface area contributed by atoms with Crippen molar-refractivity contribution in [3.63, 3.8) is 0 Å². The molecule has 18 heavy (non-hydrogen) atoms. The molecule has 3 heteroatoms. The Bertz CT molecular complexity index is 296. The van der Waals surface area contributed by atoms with Gasteiger partial charge in [-0.2, -0.15) is 0 Å². The van der Waals surface area contributed by atoms with Crippen molar-refractivity contribution in [3.8, 4) is 0 Å². The number of ether oxygens (including phenoxy) is 1. The van der Waals surface area contributed by atoms with Crippen LogP contribution in [0.2, 0.25) is 0 Å². The van der Waals surface area contributed by atoms with Gasteiger partial charge in [0.25, 0.3) is 0 Å². The van der Waals surface area contributed by atoms with Crippen LogP contribution in [-0.2, 0) is 9.53 Å². The SMILES string of the molecule is CCC(C)(I)C(=O)OC1(C(C)(C)C)CCCCC1. The van der Waals surface area contributed by atoms with Crippen LogP contribution < -0.4 is 0 Å². The molecule has 0 aliphatic heterocycles. The van der Waals surface area contributed by atoms with Gasteiger partial charge in [-0.1, -0.05) is 56.7 Å². The molecule has 0 amide bonds. The van der Waals surface area contributed by atoms with Gasteiger partial charge in [0, 0.05) is 5.41 Å². The number of esters is 1. The minimum atomic E-state index is -0.395. The summed E-state index contributed by atoms with van der Waals surface area (Å²) in [7, 11) is 0. The van der Waals surface area contributed by atoms with Gasteiger partial charge in [0.1, 0.15) is 9.02 Å². The fourth-order valence-electron chi connectivity index (χ4n) is 2.56. The second-order valence-electron chi connectivity index (χ2n) is 6.75. The number of rotatable bonds is 3. The second kappa shape index (κ2) is 5.68. The Labute approximate surface area is 125 Å². The van der Waals surface area contributed by atoms with Crippen LogP contribution in [0.15, 0.2) is 0 Å². The van der Waals surface area contributed by atoms with Crippen LogP contribution in [0.5, 0.6) is 0 Å². The Morgan fingerprint density at radius 2 is 1.67 bits per heavy atom. The lowest BCUT2D eigenvalue weighted by Crippen LogP contribution is -2.50. The fourth-order valence-corrected chi connectivity index (χ4v) is 2.67. The molecule has 2 nitrogen and oxygen atoms in total. The summed E-state index contributed by atoms with van der Waals surface area (Å²) in [6, 6.07) is 0. The molecular formula is C15H27IO2. The van der Waals surface area contributed by atoms with Crippen molar-refractivity contribution in [3.05, 3.63) is 0 Å². The van der Waals surface area contributed by atoms with Gasteiger partial charge in [0.05, 0.1) is 0 Å². The Morgan fingerprint density at radius 1 is 1.17 bits per heavy atom. The summed E-state index contributed by atoms with van der Waals surface area (Å²) in [5.41, 5.74) is -0.243. The molecule has 0 N–H and O–H groups in total. The van der Waals surface area contributed by atoms with E-state index in [0.717, 1.165) is 19.3 Å². The molecule has 1 rings (SSSR count). The first kappa shape index (κ1) is 16.3. The largest absolute Gasteiger partial charge is 0.458 e. The molecule has 1 aliphatic rings. The van der Waals surface area contributed by atoms with E-state index in [-0.39, 0.29) is 17.0 Å². The smallest absolute Gasteiger partial charge is 0.322 e. The maximum atomic E-state index is 12.4. The quantitative estimate of drug-likeness (QED) is 0.404. The van der Waals surface area contributed by atoms with Crippen LogP contribution in [0, 0.1) is 5.41 Å². The van der Waals surface area contributed by atoms with E-state index in [1.54, 1.807) is 0 Å². The van der Waals surface area contributed by atoms with Crippen molar-refractivity contribution in [1.82, 2.24) is 0 Å². The highest BCUT2D eigenvalue weighted by atomic mass is 127. The van der Waals surface area contributed by atoms with Crippen LogP contribution in [-0.4, -0.2) is 15.0 Å². The average Bonchev–Trinajstić information content (AvgIpc) is 2.28. The first-order valence-corrected chi connectivity index (χ1v) is 8.15. The molecule has 0 aromatic heterocycles. The van der Waals surface area contributed by atoms with Gasteiger partial charge in [-0.25, -0.2) is 0 Å². The van der Waals surface area contributed by atoms with Gasteiger partial charge in [0.2, 0.25) is 0 Å². The minimum Gasteiger partial charge on any atom is -0.458 e. The lowest BCUT2D eigenvalue weighted by atomic mass is 9.68. The molecule has 0 saturated heterocycles. The lowest BCUT2D eigenvalue weighted by molar-refractivity contribution is -0.181. The number of alkyl halides is 1. The molecule has 1 unspecified atom stereocenters. The Kier molecular flexibility index (Phi) is 5.13. The van der Waals surface area contributed by atoms with Gasteiger partial charge >= 0.3 is 5.97 Å². The monoisotopic (exact) mass is 366 g/mol. The molecule has 1 fully saturated rings. The standard InChI is InChI=1S/C15H27IO2/c1-6-14(5,16)12(17)18-15(13(2,3)4)10-8-7-9-11-15/h6-11H2,1-5H3. The van der Waals surface area contributed by atoms with E-state index in [9.17, 15) is 4.79 Å². The van der Waals surface area contributed by atoms with Crippen molar-refractivity contribution in [2.75, 3.05) is 0 Å². The maximum Gasteiger partial charge on any atom is 0.322 e. The van der Waals surface area contributed by atoms with E-state index in [1.807, 2.05) is 13.8 Å². The predicted octanol–water partition coefficient (Wildman–Crippen LogP) is 4.88. The first-order chi connectivity index (χ1) is 8.15. The van der Waals surface area contributed by atoms with Gasteiger partial charge < -0.3 is 4.74 Å². The molecule has 0 radical (unpaired) electrons. The summed E-state index contributed by atoms with van der Waals surface area (Å²) >= 11 is 2.22. The summed E-state index contributed by atoms with van der Waals surface area (Å²) < 4.78 is 5.66. The van der Waals surface area contributed by atoms with Crippen LogP contribution in [0.3, 0.4) is 0 Å². The van der Waals surface area contributed by atoms with E-state index in [4.69, 9.17) is 4.74 Å². The van der Waals surface area contributed by atoms with E-state index in [2.05, 4.69) is 43.4 Å². The Hall–Kier alpha value is 0.200. The van der Waals surface area contributed by atoms with E-state index in [0.29, 0.717) is 0 Å². The first-order valence-electron chi connectivity index (χ1n) is 7.07. The molecule has 1 atom stereocenters. The molecular weight excluding hydrogens is 339 g/mol. The highest BCUT2D eigenvalue weighted by molar-refractivity contribution is 14.1. The van der Waals surface area contributed by atoms with Crippen LogP contribution >= 0.6 is 22.6 Å². The summed E-state index contributed by atoms with van der Waals surface area (Å²) in [6.45, 7) is 10.6. The number of carbonyl (C=O) groups excluding carboxylic acids is 1. The summed E-state index contributed by atoms with van der Waals surface area (Å²) in [5, 5.41) is 0.